The Hall–Kier alpha value is -1.83. The van der Waals surface area contributed by atoms with E-state index in [0.29, 0.717) is 5.92 Å². The van der Waals surface area contributed by atoms with Gasteiger partial charge in [-0.15, -0.1) is 0 Å². The van der Waals surface area contributed by atoms with E-state index >= 15 is 0 Å². The normalized spacial score (nSPS) is 10.6. The Morgan fingerprint density at radius 2 is 1.76 bits per heavy atom. The van der Waals surface area contributed by atoms with E-state index in [0.717, 1.165) is 5.75 Å². The molecule has 0 saturated heterocycles. The van der Waals surface area contributed by atoms with E-state index in [1.54, 1.807) is 7.11 Å². The molecule has 0 saturated carbocycles. The number of aromatic nitrogens is 1. The summed E-state index contributed by atoms with van der Waals surface area (Å²) in [7, 11) is 1.70. The Labute approximate surface area is 102 Å². The van der Waals surface area contributed by atoms with Crippen molar-refractivity contribution in [2.24, 2.45) is 0 Å². The molecule has 1 aromatic carbocycles. The Bertz CT molecular complexity index is 492. The van der Waals surface area contributed by atoms with E-state index in [1.165, 1.54) is 16.7 Å². The highest BCUT2D eigenvalue weighted by molar-refractivity contribution is 5.69. The molecule has 0 fully saturated rings. The molecule has 0 aliphatic carbocycles. The lowest BCUT2D eigenvalue weighted by Gasteiger charge is -2.14. The van der Waals surface area contributed by atoms with Crippen molar-refractivity contribution in [3.8, 4) is 16.9 Å². The summed E-state index contributed by atoms with van der Waals surface area (Å²) >= 11 is 0. The minimum Gasteiger partial charge on any atom is -0.497 e. The second-order valence-corrected chi connectivity index (χ2v) is 4.34. The molecule has 17 heavy (non-hydrogen) atoms. The van der Waals surface area contributed by atoms with Gasteiger partial charge in [0.1, 0.15) is 5.75 Å². The van der Waals surface area contributed by atoms with E-state index in [1.807, 2.05) is 30.6 Å². The zero-order chi connectivity index (χ0) is 12.3. The van der Waals surface area contributed by atoms with Gasteiger partial charge in [0.15, 0.2) is 0 Å². The number of benzene rings is 1. The van der Waals surface area contributed by atoms with Crippen molar-refractivity contribution in [3.05, 3.63) is 48.3 Å². The Morgan fingerprint density at radius 3 is 2.35 bits per heavy atom. The number of rotatable bonds is 3. The molecule has 0 aliphatic rings. The third-order valence-corrected chi connectivity index (χ3v) is 2.87. The van der Waals surface area contributed by atoms with Crippen molar-refractivity contribution in [1.82, 2.24) is 4.98 Å². The van der Waals surface area contributed by atoms with Gasteiger partial charge in [0.25, 0.3) is 0 Å². The molecule has 1 heterocycles. The van der Waals surface area contributed by atoms with Gasteiger partial charge >= 0.3 is 0 Å². The maximum atomic E-state index is 5.30. The number of pyridine rings is 1. The van der Waals surface area contributed by atoms with Gasteiger partial charge in [-0.2, -0.15) is 0 Å². The molecule has 88 valence electrons. The zero-order valence-electron chi connectivity index (χ0n) is 10.5. The van der Waals surface area contributed by atoms with Crippen molar-refractivity contribution < 1.29 is 4.74 Å². The first-order chi connectivity index (χ1) is 8.22. The number of hydrogen-bond donors (Lipinski definition) is 0. The van der Waals surface area contributed by atoms with Crippen molar-refractivity contribution in [2.45, 2.75) is 19.8 Å². The molecule has 0 aliphatic heterocycles. The van der Waals surface area contributed by atoms with Gasteiger partial charge in [0.05, 0.1) is 7.11 Å². The quantitative estimate of drug-likeness (QED) is 0.793. The van der Waals surface area contributed by atoms with Crippen molar-refractivity contribution >= 4 is 0 Å². The Kier molecular flexibility index (Phi) is 3.43. The summed E-state index contributed by atoms with van der Waals surface area (Å²) in [5.74, 6) is 1.38. The molecule has 2 rings (SSSR count). The largest absolute Gasteiger partial charge is 0.497 e. The Balaban J connectivity index is 2.57. The van der Waals surface area contributed by atoms with Gasteiger partial charge in [0.2, 0.25) is 0 Å². The standard InChI is InChI=1S/C15H17NO/c1-11(2)14-5-4-13(17-3)10-15(14)12-6-8-16-9-7-12/h4-11H,1-3H3. The summed E-state index contributed by atoms with van der Waals surface area (Å²) in [6.45, 7) is 4.40. The highest BCUT2D eigenvalue weighted by atomic mass is 16.5. The second kappa shape index (κ2) is 5.00. The van der Waals surface area contributed by atoms with Crippen LogP contribution in [0.15, 0.2) is 42.7 Å². The molecule has 0 N–H and O–H groups in total. The van der Waals surface area contributed by atoms with Gasteiger partial charge in [-0.25, -0.2) is 0 Å². The third kappa shape index (κ3) is 2.47. The number of ether oxygens (including phenoxy) is 1. The van der Waals surface area contributed by atoms with Crippen LogP contribution in [0, 0.1) is 0 Å². The predicted molar refractivity (Wildman–Crippen MR) is 70.3 cm³/mol. The van der Waals surface area contributed by atoms with Crippen LogP contribution in [-0.2, 0) is 0 Å². The number of nitrogens with zero attached hydrogens (tertiary/aromatic N) is 1. The monoisotopic (exact) mass is 227 g/mol. The van der Waals surface area contributed by atoms with Crippen LogP contribution in [0.2, 0.25) is 0 Å². The minimum absolute atomic E-state index is 0.490. The summed E-state index contributed by atoms with van der Waals surface area (Å²) in [6, 6.07) is 10.3. The highest BCUT2D eigenvalue weighted by Crippen LogP contribution is 2.32. The maximum Gasteiger partial charge on any atom is 0.119 e. The van der Waals surface area contributed by atoms with Crippen LogP contribution < -0.4 is 4.74 Å². The fourth-order valence-corrected chi connectivity index (χ4v) is 1.95. The van der Waals surface area contributed by atoms with Gasteiger partial charge in [-0.3, -0.25) is 4.98 Å². The minimum atomic E-state index is 0.490. The molecule has 0 radical (unpaired) electrons. The van der Waals surface area contributed by atoms with E-state index in [4.69, 9.17) is 4.74 Å². The van der Waals surface area contributed by atoms with Gasteiger partial charge in [-0.05, 0) is 46.9 Å². The van der Waals surface area contributed by atoms with Crippen LogP contribution >= 0.6 is 0 Å². The first-order valence-electron chi connectivity index (χ1n) is 5.80. The lowest BCUT2D eigenvalue weighted by atomic mass is 9.93. The molecular formula is C15H17NO. The topological polar surface area (TPSA) is 22.1 Å². The molecule has 2 aromatic rings. The van der Waals surface area contributed by atoms with Crippen LogP contribution in [-0.4, -0.2) is 12.1 Å². The first kappa shape index (κ1) is 11.6. The molecular weight excluding hydrogens is 210 g/mol. The van der Waals surface area contributed by atoms with Crippen LogP contribution in [0.3, 0.4) is 0 Å². The summed E-state index contributed by atoms with van der Waals surface area (Å²) in [4.78, 5) is 4.06. The van der Waals surface area contributed by atoms with E-state index in [9.17, 15) is 0 Å². The fraction of sp³-hybridized carbons (Fsp3) is 0.267. The van der Waals surface area contributed by atoms with E-state index in [-0.39, 0.29) is 0 Å². The van der Waals surface area contributed by atoms with E-state index < -0.39 is 0 Å². The highest BCUT2D eigenvalue weighted by Gasteiger charge is 2.09. The molecule has 0 spiro atoms. The third-order valence-electron chi connectivity index (χ3n) is 2.87. The van der Waals surface area contributed by atoms with Crippen LogP contribution in [0.5, 0.6) is 5.75 Å². The molecule has 0 atom stereocenters. The maximum absolute atomic E-state index is 5.30. The lowest BCUT2D eigenvalue weighted by Crippen LogP contribution is -1.94. The zero-order valence-corrected chi connectivity index (χ0v) is 10.5. The molecule has 2 nitrogen and oxygen atoms in total. The van der Waals surface area contributed by atoms with Crippen LogP contribution in [0.1, 0.15) is 25.3 Å². The summed E-state index contributed by atoms with van der Waals surface area (Å²) in [5, 5.41) is 0. The van der Waals surface area contributed by atoms with Gasteiger partial charge < -0.3 is 4.74 Å². The smallest absolute Gasteiger partial charge is 0.119 e. The molecule has 0 bridgehead atoms. The van der Waals surface area contributed by atoms with Crippen molar-refractivity contribution in [2.75, 3.05) is 7.11 Å². The van der Waals surface area contributed by atoms with Crippen molar-refractivity contribution in [3.63, 3.8) is 0 Å². The average molecular weight is 227 g/mol. The summed E-state index contributed by atoms with van der Waals surface area (Å²) < 4.78 is 5.30. The average Bonchev–Trinajstić information content (AvgIpc) is 2.39. The number of hydrogen-bond acceptors (Lipinski definition) is 2. The van der Waals surface area contributed by atoms with Crippen LogP contribution in [0.25, 0.3) is 11.1 Å². The van der Waals surface area contributed by atoms with Crippen LogP contribution in [0.4, 0.5) is 0 Å². The fourth-order valence-electron chi connectivity index (χ4n) is 1.95. The summed E-state index contributed by atoms with van der Waals surface area (Å²) in [5.41, 5.74) is 3.74. The molecule has 1 aromatic heterocycles. The first-order valence-corrected chi connectivity index (χ1v) is 5.80. The lowest BCUT2D eigenvalue weighted by molar-refractivity contribution is 0.415. The number of methoxy groups -OCH3 is 1. The molecule has 0 unspecified atom stereocenters. The van der Waals surface area contributed by atoms with Gasteiger partial charge in [-0.1, -0.05) is 19.9 Å². The SMILES string of the molecule is COc1ccc(C(C)C)c(-c2ccncc2)c1. The predicted octanol–water partition coefficient (Wildman–Crippen LogP) is 3.88. The molecule has 2 heteroatoms. The Morgan fingerprint density at radius 1 is 1.06 bits per heavy atom. The van der Waals surface area contributed by atoms with E-state index in [2.05, 4.69) is 31.0 Å². The van der Waals surface area contributed by atoms with Crippen molar-refractivity contribution in [1.29, 1.82) is 0 Å². The molecule has 0 amide bonds. The summed E-state index contributed by atoms with van der Waals surface area (Å²) in [6.07, 6.45) is 3.64. The van der Waals surface area contributed by atoms with Gasteiger partial charge in [0, 0.05) is 12.4 Å². The second-order valence-electron chi connectivity index (χ2n) is 4.34.